The zero-order chi connectivity index (χ0) is 21.3. The molecule has 2 heterocycles. The number of hydrogen-bond acceptors (Lipinski definition) is 6. The third-order valence-corrected chi connectivity index (χ3v) is 5.80. The Labute approximate surface area is 178 Å². The van der Waals surface area contributed by atoms with Gasteiger partial charge in [0.1, 0.15) is 5.82 Å². The van der Waals surface area contributed by atoms with E-state index in [1.54, 1.807) is 12.1 Å². The number of anilines is 1. The van der Waals surface area contributed by atoms with Crippen molar-refractivity contribution < 1.29 is 13.9 Å². The monoisotopic (exact) mass is 424 g/mol. The fraction of sp³-hybridized carbons (Fsp3) is 0.273. The Morgan fingerprint density at radius 2 is 2.00 bits per heavy atom. The first-order valence-corrected chi connectivity index (χ1v) is 10.6. The zero-order valence-electron chi connectivity index (χ0n) is 16.9. The molecular formula is C22H21FN4O2S. The number of nitrogens with zero attached hydrogens (tertiary/aromatic N) is 4. The average Bonchev–Trinajstić information content (AvgIpc) is 2.86. The molecule has 1 aliphatic heterocycles. The molecule has 0 fully saturated rings. The minimum atomic E-state index is -0.889. The summed E-state index contributed by atoms with van der Waals surface area (Å²) in [6.45, 7) is 5.67. The maximum absolute atomic E-state index is 14.0. The molecular weight excluding hydrogens is 403 g/mol. The summed E-state index contributed by atoms with van der Waals surface area (Å²) >= 11 is 1.49. The van der Waals surface area contributed by atoms with Crippen LogP contribution in [0.4, 0.5) is 10.1 Å². The third kappa shape index (κ3) is 4.00. The molecule has 0 saturated heterocycles. The Bertz CT molecular complexity index is 1090. The van der Waals surface area contributed by atoms with Gasteiger partial charge in [0, 0.05) is 23.8 Å². The minimum Gasteiger partial charge on any atom is -0.447 e. The van der Waals surface area contributed by atoms with Crippen LogP contribution >= 0.6 is 11.8 Å². The molecule has 1 aromatic heterocycles. The predicted molar refractivity (Wildman–Crippen MR) is 114 cm³/mol. The summed E-state index contributed by atoms with van der Waals surface area (Å²) in [4.78, 5) is 18.7. The molecule has 1 unspecified atom stereocenters. The Balaban J connectivity index is 1.88. The molecule has 1 aliphatic rings. The van der Waals surface area contributed by atoms with E-state index in [4.69, 9.17) is 4.74 Å². The standard InChI is InChI=1S/C22H21FN4O2S/c1-13(2)12-30-22-24-20-19(25-26-22)17-9-4-5-10-18(17)27(14(3)28)21(29-20)15-7-6-8-16(23)11-15/h4-11,13,21H,12H2,1-3H3. The Hall–Kier alpha value is -3.00. The molecule has 6 nitrogen and oxygen atoms in total. The van der Waals surface area contributed by atoms with E-state index in [-0.39, 0.29) is 11.8 Å². The van der Waals surface area contributed by atoms with Gasteiger partial charge in [-0.25, -0.2) is 4.39 Å². The molecule has 8 heteroatoms. The summed E-state index contributed by atoms with van der Waals surface area (Å²) in [5.41, 5.74) is 2.24. The minimum absolute atomic E-state index is 0.244. The second-order valence-electron chi connectivity index (χ2n) is 7.38. The van der Waals surface area contributed by atoms with E-state index in [9.17, 15) is 9.18 Å². The van der Waals surface area contributed by atoms with Crippen molar-refractivity contribution in [1.82, 2.24) is 15.2 Å². The van der Waals surface area contributed by atoms with Gasteiger partial charge < -0.3 is 4.74 Å². The quantitative estimate of drug-likeness (QED) is 0.557. The number of aromatic nitrogens is 3. The summed E-state index contributed by atoms with van der Waals surface area (Å²) in [7, 11) is 0. The van der Waals surface area contributed by atoms with Crippen LogP contribution in [0.15, 0.2) is 53.7 Å². The Morgan fingerprint density at radius 3 is 2.73 bits per heavy atom. The van der Waals surface area contributed by atoms with Crippen molar-refractivity contribution >= 4 is 23.4 Å². The lowest BCUT2D eigenvalue weighted by atomic mass is 10.1. The molecule has 0 spiro atoms. The fourth-order valence-corrected chi connectivity index (χ4v) is 3.96. The zero-order valence-corrected chi connectivity index (χ0v) is 17.7. The number of carbonyl (C=O) groups is 1. The molecule has 1 amide bonds. The van der Waals surface area contributed by atoms with E-state index in [0.29, 0.717) is 33.6 Å². The maximum atomic E-state index is 14.0. The summed E-state index contributed by atoms with van der Waals surface area (Å²) in [5.74, 6) is 0.913. The number of rotatable bonds is 4. The first-order valence-electron chi connectivity index (χ1n) is 9.63. The van der Waals surface area contributed by atoms with Crippen LogP contribution in [0, 0.1) is 11.7 Å². The van der Waals surface area contributed by atoms with Crippen LogP contribution in [0.1, 0.15) is 32.6 Å². The summed E-state index contributed by atoms with van der Waals surface area (Å²) < 4.78 is 20.2. The van der Waals surface area contributed by atoms with Gasteiger partial charge >= 0.3 is 0 Å². The van der Waals surface area contributed by atoms with Crippen LogP contribution in [-0.4, -0.2) is 26.8 Å². The van der Waals surface area contributed by atoms with Crippen LogP contribution in [0.3, 0.4) is 0 Å². The van der Waals surface area contributed by atoms with Crippen LogP contribution < -0.4 is 9.64 Å². The highest BCUT2D eigenvalue weighted by molar-refractivity contribution is 7.99. The van der Waals surface area contributed by atoms with Gasteiger partial charge in [0.25, 0.3) is 0 Å². The van der Waals surface area contributed by atoms with E-state index in [0.717, 1.165) is 5.75 Å². The van der Waals surface area contributed by atoms with Gasteiger partial charge in [0.15, 0.2) is 5.69 Å². The predicted octanol–water partition coefficient (Wildman–Crippen LogP) is 4.87. The molecule has 154 valence electrons. The molecule has 0 bridgehead atoms. The van der Waals surface area contributed by atoms with Crippen LogP contribution in [-0.2, 0) is 4.79 Å². The Morgan fingerprint density at radius 1 is 1.20 bits per heavy atom. The number of halogens is 1. The molecule has 2 aromatic carbocycles. The summed E-state index contributed by atoms with van der Waals surface area (Å²) in [6, 6.07) is 13.4. The lowest BCUT2D eigenvalue weighted by molar-refractivity contribution is -0.118. The first-order chi connectivity index (χ1) is 14.4. The van der Waals surface area contributed by atoms with Crippen molar-refractivity contribution in [2.75, 3.05) is 10.7 Å². The summed E-state index contributed by atoms with van der Waals surface area (Å²) in [5, 5.41) is 9.11. The topological polar surface area (TPSA) is 68.2 Å². The van der Waals surface area contributed by atoms with Crippen molar-refractivity contribution in [2.45, 2.75) is 32.2 Å². The SMILES string of the molecule is CC(=O)N1c2ccccc2-c2nnc(SCC(C)C)nc2OC1c1cccc(F)c1. The molecule has 0 radical (unpaired) electrons. The molecule has 0 N–H and O–H groups in total. The largest absolute Gasteiger partial charge is 0.447 e. The number of thioether (sulfide) groups is 1. The first kappa shape index (κ1) is 20.3. The van der Waals surface area contributed by atoms with Crippen molar-refractivity contribution in [3.8, 4) is 17.1 Å². The number of ether oxygens (including phenoxy) is 1. The number of amides is 1. The van der Waals surface area contributed by atoms with Gasteiger partial charge in [0.2, 0.25) is 23.2 Å². The highest BCUT2D eigenvalue weighted by Gasteiger charge is 2.34. The second-order valence-corrected chi connectivity index (χ2v) is 8.37. The van der Waals surface area contributed by atoms with E-state index in [1.165, 1.54) is 35.7 Å². The molecule has 0 saturated carbocycles. The number of benzene rings is 2. The van der Waals surface area contributed by atoms with Gasteiger partial charge in [0.05, 0.1) is 5.69 Å². The van der Waals surface area contributed by atoms with Crippen molar-refractivity contribution in [2.24, 2.45) is 5.92 Å². The molecule has 3 aromatic rings. The van der Waals surface area contributed by atoms with Gasteiger partial charge in [-0.1, -0.05) is 55.9 Å². The lowest BCUT2D eigenvalue weighted by Gasteiger charge is -2.29. The number of para-hydroxylation sites is 1. The third-order valence-electron chi connectivity index (χ3n) is 4.53. The maximum Gasteiger partial charge on any atom is 0.247 e. The van der Waals surface area contributed by atoms with Crippen molar-refractivity contribution in [3.63, 3.8) is 0 Å². The van der Waals surface area contributed by atoms with E-state index >= 15 is 0 Å². The van der Waals surface area contributed by atoms with Crippen molar-refractivity contribution in [1.29, 1.82) is 0 Å². The molecule has 4 rings (SSSR count). The lowest BCUT2D eigenvalue weighted by Crippen LogP contribution is -2.36. The van der Waals surface area contributed by atoms with Crippen LogP contribution in [0.5, 0.6) is 5.88 Å². The average molecular weight is 425 g/mol. The van der Waals surface area contributed by atoms with E-state index < -0.39 is 12.0 Å². The molecule has 30 heavy (non-hydrogen) atoms. The smallest absolute Gasteiger partial charge is 0.247 e. The van der Waals surface area contributed by atoms with Gasteiger partial charge in [-0.3, -0.25) is 9.69 Å². The van der Waals surface area contributed by atoms with Gasteiger partial charge in [-0.15, -0.1) is 10.2 Å². The molecule has 1 atom stereocenters. The Kier molecular flexibility index (Phi) is 5.67. The summed E-state index contributed by atoms with van der Waals surface area (Å²) in [6.07, 6.45) is -0.889. The normalized spacial score (nSPS) is 15.2. The fourth-order valence-electron chi connectivity index (χ4n) is 3.23. The number of fused-ring (bicyclic) bond motifs is 3. The number of carbonyl (C=O) groups excluding carboxylic acids is 1. The highest BCUT2D eigenvalue weighted by atomic mass is 32.2. The van der Waals surface area contributed by atoms with E-state index in [2.05, 4.69) is 29.0 Å². The van der Waals surface area contributed by atoms with Gasteiger partial charge in [-0.05, 0) is 24.1 Å². The highest BCUT2D eigenvalue weighted by Crippen LogP contribution is 2.43. The van der Waals surface area contributed by atoms with Crippen molar-refractivity contribution in [3.05, 3.63) is 59.9 Å². The van der Waals surface area contributed by atoms with Crippen LogP contribution in [0.25, 0.3) is 11.3 Å². The second kappa shape index (κ2) is 8.39. The van der Waals surface area contributed by atoms with Crippen LogP contribution in [0.2, 0.25) is 0 Å². The van der Waals surface area contributed by atoms with Gasteiger partial charge in [-0.2, -0.15) is 4.98 Å². The van der Waals surface area contributed by atoms with E-state index in [1.807, 2.05) is 24.3 Å². The molecule has 0 aliphatic carbocycles. The number of hydrogen-bond donors (Lipinski definition) is 0.